The van der Waals surface area contributed by atoms with Gasteiger partial charge in [0.15, 0.2) is 0 Å². The van der Waals surface area contributed by atoms with Gasteiger partial charge in [0.1, 0.15) is 0 Å². The summed E-state index contributed by atoms with van der Waals surface area (Å²) in [5.74, 6) is 0. The summed E-state index contributed by atoms with van der Waals surface area (Å²) >= 11 is 0. The van der Waals surface area contributed by atoms with Crippen LogP contribution >= 0.6 is 0 Å². The zero-order valence-corrected chi connectivity index (χ0v) is 8.56. The average molecular weight is 216 g/mol. The molecule has 0 radical (unpaired) electrons. The fraction of sp³-hybridized carbons (Fsp3) is 1.00. The number of rotatable bonds is 7. The molecule has 2 N–H and O–H groups in total. The first kappa shape index (κ1) is 17.2. The van der Waals surface area contributed by atoms with E-state index in [-0.39, 0.29) is 48.4 Å². The summed E-state index contributed by atoms with van der Waals surface area (Å²) in [7, 11) is 0. The van der Waals surface area contributed by atoms with Gasteiger partial charge in [-0.05, 0) is 20.8 Å². The van der Waals surface area contributed by atoms with E-state index in [2.05, 4.69) is 0 Å². The van der Waals surface area contributed by atoms with Crippen molar-refractivity contribution in [2.75, 3.05) is 19.8 Å². The monoisotopic (exact) mass is 216 g/mol. The molecule has 0 aliphatic heterocycles. The Bertz CT molecular complexity index is 121. The number of aliphatic hydroxyl groups excluding tert-OH is 2. The molecular formula is C9H21NaO4. The van der Waals surface area contributed by atoms with E-state index in [1.54, 1.807) is 13.8 Å². The minimum atomic E-state index is -0.447. The molecule has 0 aliphatic rings. The maximum atomic E-state index is 8.92. The van der Waals surface area contributed by atoms with Crippen molar-refractivity contribution in [2.24, 2.45) is 0 Å². The normalized spacial score (nSPS) is 16.9. The van der Waals surface area contributed by atoms with Crippen molar-refractivity contribution in [3.63, 3.8) is 0 Å². The van der Waals surface area contributed by atoms with Crippen molar-refractivity contribution >= 4 is 29.6 Å². The van der Waals surface area contributed by atoms with Crippen molar-refractivity contribution in [3.05, 3.63) is 0 Å². The van der Waals surface area contributed by atoms with Gasteiger partial charge in [0.25, 0.3) is 0 Å². The fourth-order valence-corrected chi connectivity index (χ4v) is 0.704. The Kier molecular flexibility index (Phi) is 12.8. The molecule has 0 aromatic rings. The summed E-state index contributed by atoms with van der Waals surface area (Å²) in [6.45, 7) is 6.10. The van der Waals surface area contributed by atoms with Crippen LogP contribution in [0.25, 0.3) is 0 Å². The Hall–Kier alpha value is 0.840. The minimum absolute atomic E-state index is 0. The SMILES string of the molecule is CC(O)COC(C)COC(C)CO.[NaH]. The third kappa shape index (κ3) is 10.9. The molecule has 5 heteroatoms. The zero-order chi connectivity index (χ0) is 10.3. The summed E-state index contributed by atoms with van der Waals surface area (Å²) in [5, 5.41) is 17.6. The molecule has 0 saturated carbocycles. The Labute approximate surface area is 108 Å². The van der Waals surface area contributed by atoms with Crippen LogP contribution in [0.5, 0.6) is 0 Å². The number of hydrogen-bond donors (Lipinski definition) is 2. The third-order valence-corrected chi connectivity index (χ3v) is 1.49. The van der Waals surface area contributed by atoms with Gasteiger partial charge in [-0.15, -0.1) is 0 Å². The summed E-state index contributed by atoms with van der Waals surface area (Å²) in [6.07, 6.45) is -0.654. The van der Waals surface area contributed by atoms with Crippen LogP contribution in [0.2, 0.25) is 0 Å². The van der Waals surface area contributed by atoms with Gasteiger partial charge in [-0.25, -0.2) is 0 Å². The van der Waals surface area contributed by atoms with Crippen LogP contribution in [-0.2, 0) is 9.47 Å². The van der Waals surface area contributed by atoms with Crippen LogP contribution in [0.3, 0.4) is 0 Å². The van der Waals surface area contributed by atoms with Crippen LogP contribution in [0.4, 0.5) is 0 Å². The molecule has 14 heavy (non-hydrogen) atoms. The van der Waals surface area contributed by atoms with Gasteiger partial charge in [-0.3, -0.25) is 0 Å². The second-order valence-electron chi connectivity index (χ2n) is 3.32. The summed E-state index contributed by atoms with van der Waals surface area (Å²) < 4.78 is 10.5. The maximum absolute atomic E-state index is 8.92. The molecular weight excluding hydrogens is 195 g/mol. The van der Waals surface area contributed by atoms with Crippen molar-refractivity contribution in [2.45, 2.75) is 39.1 Å². The quantitative estimate of drug-likeness (QED) is 0.564. The van der Waals surface area contributed by atoms with Crippen LogP contribution in [0.1, 0.15) is 20.8 Å². The van der Waals surface area contributed by atoms with E-state index in [9.17, 15) is 0 Å². The van der Waals surface area contributed by atoms with Gasteiger partial charge in [-0.2, -0.15) is 0 Å². The predicted molar refractivity (Wildman–Crippen MR) is 56.7 cm³/mol. The fourth-order valence-electron chi connectivity index (χ4n) is 0.704. The average Bonchev–Trinajstić information content (AvgIpc) is 2.10. The van der Waals surface area contributed by atoms with E-state index in [1.807, 2.05) is 6.92 Å². The van der Waals surface area contributed by atoms with E-state index in [4.69, 9.17) is 19.7 Å². The molecule has 0 amide bonds. The summed E-state index contributed by atoms with van der Waals surface area (Å²) in [6, 6.07) is 0. The Morgan fingerprint density at radius 2 is 1.50 bits per heavy atom. The van der Waals surface area contributed by atoms with Crippen LogP contribution in [0, 0.1) is 0 Å². The molecule has 4 nitrogen and oxygen atoms in total. The van der Waals surface area contributed by atoms with Crippen LogP contribution in [-0.4, -0.2) is 77.9 Å². The van der Waals surface area contributed by atoms with E-state index in [0.29, 0.717) is 13.2 Å². The van der Waals surface area contributed by atoms with Gasteiger partial charge in [-0.1, -0.05) is 0 Å². The van der Waals surface area contributed by atoms with E-state index >= 15 is 0 Å². The predicted octanol–water partition coefficient (Wildman–Crippen LogP) is -0.479. The second kappa shape index (κ2) is 10.4. The second-order valence-corrected chi connectivity index (χ2v) is 3.32. The molecule has 0 aromatic carbocycles. The van der Waals surface area contributed by atoms with Crippen LogP contribution < -0.4 is 0 Å². The van der Waals surface area contributed by atoms with Crippen molar-refractivity contribution in [3.8, 4) is 0 Å². The molecule has 0 saturated heterocycles. The molecule has 0 heterocycles. The first-order valence-corrected chi connectivity index (χ1v) is 4.58. The number of hydrogen-bond acceptors (Lipinski definition) is 4. The van der Waals surface area contributed by atoms with E-state index in [0.717, 1.165) is 0 Å². The molecule has 0 aliphatic carbocycles. The topological polar surface area (TPSA) is 58.9 Å². The summed E-state index contributed by atoms with van der Waals surface area (Å²) in [5.41, 5.74) is 0. The molecule has 82 valence electrons. The molecule has 0 bridgehead atoms. The zero-order valence-electron chi connectivity index (χ0n) is 8.56. The van der Waals surface area contributed by atoms with Gasteiger partial charge in [0.2, 0.25) is 0 Å². The molecule has 3 unspecified atom stereocenters. The number of aliphatic hydroxyl groups is 2. The van der Waals surface area contributed by atoms with Crippen LogP contribution in [0.15, 0.2) is 0 Å². The van der Waals surface area contributed by atoms with E-state index < -0.39 is 6.10 Å². The first-order chi connectivity index (χ1) is 6.06. The van der Waals surface area contributed by atoms with Gasteiger partial charge in [0.05, 0.1) is 38.1 Å². The molecule has 0 aromatic heterocycles. The van der Waals surface area contributed by atoms with Gasteiger partial charge in [0, 0.05) is 0 Å². The molecule has 0 spiro atoms. The van der Waals surface area contributed by atoms with Gasteiger partial charge < -0.3 is 19.7 Å². The van der Waals surface area contributed by atoms with Crippen molar-refractivity contribution in [1.29, 1.82) is 0 Å². The van der Waals surface area contributed by atoms with Crippen molar-refractivity contribution in [1.82, 2.24) is 0 Å². The van der Waals surface area contributed by atoms with Crippen molar-refractivity contribution < 1.29 is 19.7 Å². The first-order valence-electron chi connectivity index (χ1n) is 4.58. The molecule has 0 rings (SSSR count). The summed E-state index contributed by atoms with van der Waals surface area (Å²) in [4.78, 5) is 0. The third-order valence-electron chi connectivity index (χ3n) is 1.49. The number of ether oxygens (including phenoxy) is 2. The van der Waals surface area contributed by atoms with E-state index in [1.165, 1.54) is 0 Å². The van der Waals surface area contributed by atoms with Gasteiger partial charge >= 0.3 is 29.6 Å². The molecule has 3 atom stereocenters. The Morgan fingerprint density at radius 3 is 1.93 bits per heavy atom. The Morgan fingerprint density at radius 1 is 1.00 bits per heavy atom. The Balaban J connectivity index is 0. The molecule has 0 fully saturated rings. The standard InChI is InChI=1S/C9H20O4.Na.H/c1-7(11)5-12-9(3)6-13-8(2)4-10;;/h7-11H,4-6H2,1-3H3;;.